The van der Waals surface area contributed by atoms with Crippen LogP contribution in [0.5, 0.6) is 0 Å². The molecule has 4 nitrogen and oxygen atoms in total. The van der Waals surface area contributed by atoms with Crippen LogP contribution in [0, 0.1) is 6.92 Å². The molecule has 124 valence electrons. The lowest BCUT2D eigenvalue weighted by Gasteiger charge is -2.20. The number of hydrogen-bond acceptors (Lipinski definition) is 3. The van der Waals surface area contributed by atoms with E-state index in [4.69, 9.17) is 4.98 Å². The minimum atomic E-state index is 0.941. The summed E-state index contributed by atoms with van der Waals surface area (Å²) in [5, 5.41) is 3.49. The first-order valence-electron chi connectivity index (χ1n) is 8.78. The van der Waals surface area contributed by atoms with Crippen molar-refractivity contribution in [1.29, 1.82) is 0 Å². The van der Waals surface area contributed by atoms with Crippen molar-refractivity contribution in [1.82, 2.24) is 19.6 Å². The minimum absolute atomic E-state index is 0.941. The lowest BCUT2D eigenvalue weighted by Crippen LogP contribution is -2.28. The highest BCUT2D eigenvalue weighted by atomic mass is 15.2. The largest absolute Gasteiger partial charge is 0.315 e. The first-order valence-corrected chi connectivity index (χ1v) is 8.78. The molecular formula is C20H24N4. The van der Waals surface area contributed by atoms with Gasteiger partial charge in [-0.25, -0.2) is 4.98 Å². The maximum absolute atomic E-state index is 4.99. The number of pyridine rings is 1. The molecule has 0 aliphatic carbocycles. The molecular weight excluding hydrogens is 296 g/mol. The molecule has 1 fully saturated rings. The predicted octanol–water partition coefficient (Wildman–Crippen LogP) is 3.11. The predicted molar refractivity (Wildman–Crippen MR) is 98.1 cm³/mol. The topological polar surface area (TPSA) is 32.6 Å². The van der Waals surface area contributed by atoms with Crippen molar-refractivity contribution in [3.05, 3.63) is 59.9 Å². The number of imidazole rings is 1. The summed E-state index contributed by atoms with van der Waals surface area (Å²) in [7, 11) is 0. The molecule has 0 saturated carbocycles. The van der Waals surface area contributed by atoms with E-state index in [1.54, 1.807) is 0 Å². The van der Waals surface area contributed by atoms with E-state index in [1.807, 2.05) is 0 Å². The van der Waals surface area contributed by atoms with Gasteiger partial charge in [0.2, 0.25) is 0 Å². The fourth-order valence-electron chi connectivity index (χ4n) is 3.50. The maximum atomic E-state index is 4.99. The van der Waals surface area contributed by atoms with Crippen LogP contribution < -0.4 is 5.32 Å². The van der Waals surface area contributed by atoms with Crippen molar-refractivity contribution in [3.63, 3.8) is 0 Å². The molecule has 0 bridgehead atoms. The van der Waals surface area contributed by atoms with E-state index < -0.39 is 0 Å². The number of rotatable bonds is 3. The van der Waals surface area contributed by atoms with Gasteiger partial charge < -0.3 is 9.72 Å². The SMILES string of the molecule is Cc1cccn2c(CN3CCCNCC3)c(-c3ccccc3)nc12. The Kier molecular flexibility index (Phi) is 4.32. The fraction of sp³-hybridized carbons (Fsp3) is 0.350. The van der Waals surface area contributed by atoms with Crippen LogP contribution in [0.1, 0.15) is 17.7 Å². The second-order valence-corrected chi connectivity index (χ2v) is 6.54. The Morgan fingerprint density at radius 1 is 1.04 bits per heavy atom. The highest BCUT2D eigenvalue weighted by Crippen LogP contribution is 2.27. The molecule has 1 aliphatic heterocycles. The van der Waals surface area contributed by atoms with E-state index in [0.717, 1.165) is 44.1 Å². The van der Waals surface area contributed by atoms with Crippen LogP contribution in [0.3, 0.4) is 0 Å². The summed E-state index contributed by atoms with van der Waals surface area (Å²) in [6, 6.07) is 14.8. The summed E-state index contributed by atoms with van der Waals surface area (Å²) in [4.78, 5) is 7.53. The average Bonchev–Trinajstić information content (AvgIpc) is 2.79. The van der Waals surface area contributed by atoms with Gasteiger partial charge in [0.25, 0.3) is 0 Å². The molecule has 0 amide bonds. The van der Waals surface area contributed by atoms with Gasteiger partial charge in [0, 0.05) is 31.4 Å². The van der Waals surface area contributed by atoms with Crippen LogP contribution in [0.25, 0.3) is 16.9 Å². The van der Waals surface area contributed by atoms with Crippen molar-refractivity contribution in [2.75, 3.05) is 26.2 Å². The van der Waals surface area contributed by atoms with Crippen LogP contribution >= 0.6 is 0 Å². The number of nitrogens with one attached hydrogen (secondary N) is 1. The third-order valence-electron chi connectivity index (χ3n) is 4.80. The average molecular weight is 320 g/mol. The highest BCUT2D eigenvalue weighted by molar-refractivity contribution is 5.67. The third-order valence-corrected chi connectivity index (χ3v) is 4.80. The maximum Gasteiger partial charge on any atom is 0.140 e. The van der Waals surface area contributed by atoms with Gasteiger partial charge in [-0.3, -0.25) is 4.90 Å². The Morgan fingerprint density at radius 3 is 2.79 bits per heavy atom. The minimum Gasteiger partial charge on any atom is -0.315 e. The van der Waals surface area contributed by atoms with Crippen LogP contribution in [0.4, 0.5) is 0 Å². The lowest BCUT2D eigenvalue weighted by molar-refractivity contribution is 0.281. The van der Waals surface area contributed by atoms with E-state index in [0.29, 0.717) is 0 Å². The molecule has 1 aliphatic rings. The van der Waals surface area contributed by atoms with Gasteiger partial charge in [0.05, 0.1) is 11.4 Å². The summed E-state index contributed by atoms with van der Waals surface area (Å²) in [5.41, 5.74) is 5.89. The van der Waals surface area contributed by atoms with Crippen molar-refractivity contribution in [3.8, 4) is 11.3 Å². The second-order valence-electron chi connectivity index (χ2n) is 6.54. The van der Waals surface area contributed by atoms with Gasteiger partial charge in [0.15, 0.2) is 0 Å². The van der Waals surface area contributed by atoms with E-state index in [2.05, 4.69) is 70.2 Å². The number of hydrogen-bond donors (Lipinski definition) is 1. The second kappa shape index (κ2) is 6.75. The van der Waals surface area contributed by atoms with E-state index in [9.17, 15) is 0 Å². The van der Waals surface area contributed by atoms with Gasteiger partial charge in [-0.2, -0.15) is 0 Å². The van der Waals surface area contributed by atoms with Crippen molar-refractivity contribution in [2.24, 2.45) is 0 Å². The van der Waals surface area contributed by atoms with E-state index in [1.165, 1.54) is 23.2 Å². The molecule has 2 aromatic heterocycles. The van der Waals surface area contributed by atoms with Gasteiger partial charge in [-0.1, -0.05) is 36.4 Å². The summed E-state index contributed by atoms with van der Waals surface area (Å²) >= 11 is 0. The number of aryl methyl sites for hydroxylation is 1. The van der Waals surface area contributed by atoms with E-state index >= 15 is 0 Å². The summed E-state index contributed by atoms with van der Waals surface area (Å²) < 4.78 is 2.27. The van der Waals surface area contributed by atoms with E-state index in [-0.39, 0.29) is 0 Å². The third kappa shape index (κ3) is 2.95. The summed E-state index contributed by atoms with van der Waals surface area (Å²) in [6.45, 7) is 7.49. The van der Waals surface area contributed by atoms with Gasteiger partial charge in [-0.05, 0) is 38.1 Å². The lowest BCUT2D eigenvalue weighted by atomic mass is 10.1. The Balaban J connectivity index is 1.80. The zero-order valence-electron chi connectivity index (χ0n) is 14.2. The Hall–Kier alpha value is -2.17. The molecule has 4 heteroatoms. The molecule has 0 spiro atoms. The van der Waals surface area contributed by atoms with Crippen molar-refractivity contribution < 1.29 is 0 Å². The van der Waals surface area contributed by atoms with Crippen molar-refractivity contribution in [2.45, 2.75) is 19.9 Å². The molecule has 24 heavy (non-hydrogen) atoms. The molecule has 3 heterocycles. The van der Waals surface area contributed by atoms with Gasteiger partial charge in [-0.15, -0.1) is 0 Å². The molecule has 4 rings (SSSR count). The molecule has 0 unspecified atom stereocenters. The Labute approximate surface area is 143 Å². The summed E-state index contributed by atoms with van der Waals surface area (Å²) in [6.07, 6.45) is 3.35. The van der Waals surface area contributed by atoms with Crippen LogP contribution in [0.15, 0.2) is 48.7 Å². The smallest absolute Gasteiger partial charge is 0.140 e. The number of fused-ring (bicyclic) bond motifs is 1. The first-order chi connectivity index (χ1) is 11.8. The fourth-order valence-corrected chi connectivity index (χ4v) is 3.50. The molecule has 0 radical (unpaired) electrons. The summed E-state index contributed by atoms with van der Waals surface area (Å²) in [5.74, 6) is 0. The highest BCUT2D eigenvalue weighted by Gasteiger charge is 2.18. The molecule has 1 aromatic carbocycles. The molecule has 1 N–H and O–H groups in total. The number of aromatic nitrogens is 2. The van der Waals surface area contributed by atoms with Crippen LogP contribution in [0.2, 0.25) is 0 Å². The first kappa shape index (κ1) is 15.4. The Morgan fingerprint density at radius 2 is 1.92 bits per heavy atom. The van der Waals surface area contributed by atoms with Gasteiger partial charge >= 0.3 is 0 Å². The molecule has 3 aromatic rings. The van der Waals surface area contributed by atoms with Crippen LogP contribution in [-0.2, 0) is 6.54 Å². The number of benzene rings is 1. The quantitative estimate of drug-likeness (QED) is 0.805. The Bertz CT molecular complexity index is 814. The molecule has 1 saturated heterocycles. The van der Waals surface area contributed by atoms with Crippen molar-refractivity contribution >= 4 is 5.65 Å². The normalized spacial score (nSPS) is 16.4. The zero-order valence-corrected chi connectivity index (χ0v) is 14.2. The van der Waals surface area contributed by atoms with Gasteiger partial charge in [0.1, 0.15) is 5.65 Å². The monoisotopic (exact) mass is 320 g/mol. The van der Waals surface area contributed by atoms with Crippen LogP contribution in [-0.4, -0.2) is 40.5 Å². The standard InChI is InChI=1S/C20H24N4/c1-16-7-5-13-24-18(15-23-12-6-10-21-11-14-23)19(22-20(16)24)17-8-3-2-4-9-17/h2-5,7-9,13,21H,6,10-12,14-15H2,1H3. The number of nitrogens with zero attached hydrogens (tertiary/aromatic N) is 3. The molecule has 0 atom stereocenters. The zero-order chi connectivity index (χ0) is 16.4.